The molecule has 1 aliphatic rings. The van der Waals surface area contributed by atoms with Crippen LogP contribution >= 0.6 is 11.3 Å². The van der Waals surface area contributed by atoms with E-state index in [4.69, 9.17) is 10.8 Å². The summed E-state index contributed by atoms with van der Waals surface area (Å²) in [5.74, 6) is -0.370. The molecule has 15 heavy (non-hydrogen) atoms. The van der Waals surface area contributed by atoms with Crippen molar-refractivity contribution in [2.75, 3.05) is 5.73 Å². The van der Waals surface area contributed by atoms with E-state index in [1.807, 2.05) is 0 Å². The van der Waals surface area contributed by atoms with Gasteiger partial charge in [0.2, 0.25) is 0 Å². The molecular formula is C11H15NO2S. The van der Waals surface area contributed by atoms with Crippen molar-refractivity contribution in [2.45, 2.75) is 38.0 Å². The quantitative estimate of drug-likeness (QED) is 0.813. The first-order valence-electron chi connectivity index (χ1n) is 5.31. The van der Waals surface area contributed by atoms with Crippen LogP contribution in [0.3, 0.4) is 0 Å². The maximum absolute atomic E-state index is 10.8. The third-order valence-electron chi connectivity index (χ3n) is 3.02. The van der Waals surface area contributed by atoms with E-state index >= 15 is 0 Å². The summed E-state index contributed by atoms with van der Waals surface area (Å²) in [6.45, 7) is 0. The molecule has 82 valence electrons. The molecular weight excluding hydrogens is 210 g/mol. The van der Waals surface area contributed by atoms with Crippen molar-refractivity contribution in [3.8, 4) is 0 Å². The maximum atomic E-state index is 10.8. The van der Waals surface area contributed by atoms with E-state index < -0.39 is 5.97 Å². The Morgan fingerprint density at radius 3 is 2.60 bits per heavy atom. The van der Waals surface area contributed by atoms with Crippen LogP contribution in [0.15, 0.2) is 6.07 Å². The molecule has 1 aliphatic carbocycles. The maximum Gasteiger partial charge on any atom is 0.338 e. The van der Waals surface area contributed by atoms with Gasteiger partial charge in [-0.3, -0.25) is 0 Å². The van der Waals surface area contributed by atoms with Gasteiger partial charge in [-0.1, -0.05) is 19.3 Å². The van der Waals surface area contributed by atoms with Crippen LogP contribution in [0.1, 0.15) is 53.3 Å². The SMILES string of the molecule is Nc1sc(C2CCCCC2)cc1C(=O)O. The highest BCUT2D eigenvalue weighted by atomic mass is 32.1. The summed E-state index contributed by atoms with van der Waals surface area (Å²) in [7, 11) is 0. The highest BCUT2D eigenvalue weighted by Gasteiger charge is 2.20. The summed E-state index contributed by atoms with van der Waals surface area (Å²) in [5.41, 5.74) is 5.96. The molecule has 4 heteroatoms. The Balaban J connectivity index is 2.21. The van der Waals surface area contributed by atoms with Gasteiger partial charge in [-0.25, -0.2) is 4.79 Å². The van der Waals surface area contributed by atoms with E-state index in [0.29, 0.717) is 10.9 Å². The van der Waals surface area contributed by atoms with Gasteiger partial charge in [0.05, 0.1) is 5.56 Å². The lowest BCUT2D eigenvalue weighted by atomic mass is 9.88. The third kappa shape index (κ3) is 2.15. The van der Waals surface area contributed by atoms with E-state index in [1.165, 1.54) is 43.4 Å². The van der Waals surface area contributed by atoms with Crippen LogP contribution < -0.4 is 5.73 Å². The van der Waals surface area contributed by atoms with Gasteiger partial charge in [0, 0.05) is 4.88 Å². The van der Waals surface area contributed by atoms with Gasteiger partial charge in [0.15, 0.2) is 0 Å². The van der Waals surface area contributed by atoms with Gasteiger partial charge in [0.25, 0.3) is 0 Å². The van der Waals surface area contributed by atoms with Crippen molar-refractivity contribution in [2.24, 2.45) is 0 Å². The second-order valence-electron chi connectivity index (χ2n) is 4.07. The first-order chi connectivity index (χ1) is 7.18. The van der Waals surface area contributed by atoms with Crippen molar-refractivity contribution < 1.29 is 9.90 Å². The molecule has 0 aliphatic heterocycles. The summed E-state index contributed by atoms with van der Waals surface area (Å²) in [4.78, 5) is 12.0. The lowest BCUT2D eigenvalue weighted by Crippen LogP contribution is -2.02. The minimum Gasteiger partial charge on any atom is -0.478 e. The first-order valence-corrected chi connectivity index (χ1v) is 6.12. The molecule has 0 aromatic carbocycles. The molecule has 0 bridgehead atoms. The molecule has 2 rings (SSSR count). The summed E-state index contributed by atoms with van der Waals surface area (Å²) in [6.07, 6.45) is 6.18. The highest BCUT2D eigenvalue weighted by Crippen LogP contribution is 2.38. The first kappa shape index (κ1) is 10.5. The van der Waals surface area contributed by atoms with Gasteiger partial charge in [-0.2, -0.15) is 0 Å². The van der Waals surface area contributed by atoms with Crippen LogP contribution in [-0.2, 0) is 0 Å². The van der Waals surface area contributed by atoms with E-state index in [0.717, 1.165) is 4.88 Å². The molecule has 3 N–H and O–H groups in total. The number of aromatic carboxylic acids is 1. The molecule has 0 unspecified atom stereocenters. The fourth-order valence-electron chi connectivity index (χ4n) is 2.18. The Morgan fingerprint density at radius 2 is 2.07 bits per heavy atom. The number of hydrogen-bond donors (Lipinski definition) is 2. The fraction of sp³-hybridized carbons (Fsp3) is 0.545. The second kappa shape index (κ2) is 4.23. The number of thiophene rings is 1. The van der Waals surface area contributed by atoms with Crippen molar-refractivity contribution in [3.05, 3.63) is 16.5 Å². The third-order valence-corrected chi connectivity index (χ3v) is 4.14. The van der Waals surface area contributed by atoms with Crippen LogP contribution in [0.2, 0.25) is 0 Å². The van der Waals surface area contributed by atoms with Gasteiger partial charge in [-0.15, -0.1) is 11.3 Å². The Labute approximate surface area is 92.9 Å². The molecule has 1 saturated carbocycles. The fourth-order valence-corrected chi connectivity index (χ4v) is 3.27. The molecule has 3 nitrogen and oxygen atoms in total. The predicted molar refractivity (Wildman–Crippen MR) is 61.5 cm³/mol. The molecule has 1 aromatic heterocycles. The molecule has 1 heterocycles. The zero-order valence-corrected chi connectivity index (χ0v) is 9.35. The molecule has 0 spiro atoms. The zero-order valence-electron chi connectivity index (χ0n) is 8.53. The topological polar surface area (TPSA) is 63.3 Å². The molecule has 1 aromatic rings. The number of carboxylic acid groups (broad SMARTS) is 1. The Morgan fingerprint density at radius 1 is 1.40 bits per heavy atom. The molecule has 0 amide bonds. The van der Waals surface area contributed by atoms with Crippen LogP contribution in [0.4, 0.5) is 5.00 Å². The van der Waals surface area contributed by atoms with Crippen LogP contribution in [0.25, 0.3) is 0 Å². The van der Waals surface area contributed by atoms with Gasteiger partial charge in [0.1, 0.15) is 5.00 Å². The van der Waals surface area contributed by atoms with Crippen LogP contribution in [0.5, 0.6) is 0 Å². The number of nitrogens with two attached hydrogens (primary N) is 1. The molecule has 0 saturated heterocycles. The molecule has 0 radical (unpaired) electrons. The van der Waals surface area contributed by atoms with Gasteiger partial charge >= 0.3 is 5.97 Å². The smallest absolute Gasteiger partial charge is 0.338 e. The average molecular weight is 225 g/mol. The summed E-state index contributed by atoms with van der Waals surface area (Å²) in [5, 5.41) is 9.35. The van der Waals surface area contributed by atoms with Crippen molar-refractivity contribution in [1.29, 1.82) is 0 Å². The number of carbonyl (C=O) groups is 1. The van der Waals surface area contributed by atoms with E-state index in [9.17, 15) is 4.79 Å². The lowest BCUT2D eigenvalue weighted by molar-refractivity contribution is 0.0698. The second-order valence-corrected chi connectivity index (χ2v) is 5.18. The molecule has 0 atom stereocenters. The number of hydrogen-bond acceptors (Lipinski definition) is 3. The van der Waals surface area contributed by atoms with Gasteiger partial charge in [-0.05, 0) is 24.8 Å². The van der Waals surface area contributed by atoms with Crippen molar-refractivity contribution in [3.63, 3.8) is 0 Å². The summed E-state index contributed by atoms with van der Waals surface area (Å²) < 4.78 is 0. The Hall–Kier alpha value is -1.03. The van der Waals surface area contributed by atoms with Crippen LogP contribution in [0, 0.1) is 0 Å². The minimum atomic E-state index is -0.911. The predicted octanol–water partition coefficient (Wildman–Crippen LogP) is 3.08. The lowest BCUT2D eigenvalue weighted by Gasteiger charge is -2.19. The normalized spacial score (nSPS) is 17.9. The minimum absolute atomic E-state index is 0.278. The standard InChI is InChI=1S/C11H15NO2S/c12-10-8(11(13)14)6-9(15-10)7-4-2-1-3-5-7/h6-7H,1-5,12H2,(H,13,14). The number of nitrogen functional groups attached to an aromatic ring is 1. The Bertz CT molecular complexity index is 367. The van der Waals surface area contributed by atoms with Crippen LogP contribution in [-0.4, -0.2) is 11.1 Å². The molecule has 1 fully saturated rings. The highest BCUT2D eigenvalue weighted by molar-refractivity contribution is 7.16. The van der Waals surface area contributed by atoms with E-state index in [2.05, 4.69) is 0 Å². The largest absolute Gasteiger partial charge is 0.478 e. The van der Waals surface area contributed by atoms with Crippen molar-refractivity contribution in [1.82, 2.24) is 0 Å². The monoisotopic (exact) mass is 225 g/mol. The number of carboxylic acids is 1. The zero-order chi connectivity index (χ0) is 10.8. The van der Waals surface area contributed by atoms with Gasteiger partial charge < -0.3 is 10.8 Å². The number of rotatable bonds is 2. The average Bonchev–Trinajstić information content (AvgIpc) is 2.62. The van der Waals surface area contributed by atoms with Crippen molar-refractivity contribution >= 4 is 22.3 Å². The summed E-state index contributed by atoms with van der Waals surface area (Å²) in [6, 6.07) is 1.76. The number of anilines is 1. The van der Waals surface area contributed by atoms with E-state index in [1.54, 1.807) is 6.07 Å². The van der Waals surface area contributed by atoms with E-state index in [-0.39, 0.29) is 5.56 Å². The summed E-state index contributed by atoms with van der Waals surface area (Å²) >= 11 is 1.45. The Kier molecular flexibility index (Phi) is 2.95.